The van der Waals surface area contributed by atoms with E-state index < -0.39 is 0 Å². The fraction of sp³-hybridized carbons (Fsp3) is 0.571. The maximum absolute atomic E-state index is 13.3. The molecular weight excluding hydrogens is 215 g/mol. The summed E-state index contributed by atoms with van der Waals surface area (Å²) in [6.45, 7) is 2.17. The van der Waals surface area contributed by atoms with Gasteiger partial charge in [0, 0.05) is 18.1 Å². The van der Waals surface area contributed by atoms with Gasteiger partial charge < -0.3 is 5.32 Å². The molecule has 1 aliphatic heterocycles. The van der Waals surface area contributed by atoms with Crippen molar-refractivity contribution in [2.24, 2.45) is 0 Å². The molecule has 0 spiro atoms. The van der Waals surface area contributed by atoms with Gasteiger partial charge in [-0.3, -0.25) is 4.90 Å². The van der Waals surface area contributed by atoms with Crippen molar-refractivity contribution in [2.75, 3.05) is 20.1 Å². The van der Waals surface area contributed by atoms with Crippen molar-refractivity contribution < 1.29 is 4.39 Å². The van der Waals surface area contributed by atoms with Crippen LogP contribution in [0.1, 0.15) is 24.8 Å². The first-order valence-electron chi connectivity index (χ1n) is 6.42. The van der Waals surface area contributed by atoms with Crippen molar-refractivity contribution in [3.8, 4) is 0 Å². The second-order valence-electron chi connectivity index (χ2n) is 5.30. The molecule has 0 amide bonds. The first-order chi connectivity index (χ1) is 8.22. The number of nitrogens with zero attached hydrogens (tertiary/aromatic N) is 1. The Morgan fingerprint density at radius 1 is 1.41 bits per heavy atom. The minimum atomic E-state index is -0.119. The molecule has 2 aliphatic rings. The third-order valence-corrected chi connectivity index (χ3v) is 4.34. The van der Waals surface area contributed by atoms with E-state index in [-0.39, 0.29) is 11.4 Å². The zero-order valence-corrected chi connectivity index (χ0v) is 10.2. The molecule has 2 fully saturated rings. The first kappa shape index (κ1) is 11.2. The van der Waals surface area contributed by atoms with Gasteiger partial charge in [0.1, 0.15) is 5.82 Å². The summed E-state index contributed by atoms with van der Waals surface area (Å²) in [4.78, 5) is 2.46. The van der Waals surface area contributed by atoms with Gasteiger partial charge in [-0.15, -0.1) is 0 Å². The van der Waals surface area contributed by atoms with Crippen molar-refractivity contribution in [1.82, 2.24) is 10.2 Å². The standard InChI is InChI=1S/C14H19FN2/c1-17(13-5-8-16-10-13)14(6-7-14)11-3-2-4-12(15)9-11/h2-4,9,13,16H,5-8,10H2,1H3. The number of hydrogen-bond acceptors (Lipinski definition) is 2. The lowest BCUT2D eigenvalue weighted by Gasteiger charge is -2.33. The van der Waals surface area contributed by atoms with Gasteiger partial charge in [-0.2, -0.15) is 0 Å². The maximum Gasteiger partial charge on any atom is 0.123 e. The van der Waals surface area contributed by atoms with Crippen LogP contribution in [0.15, 0.2) is 24.3 Å². The van der Waals surface area contributed by atoms with Crippen molar-refractivity contribution in [1.29, 1.82) is 0 Å². The van der Waals surface area contributed by atoms with Crippen LogP contribution >= 0.6 is 0 Å². The van der Waals surface area contributed by atoms with Crippen molar-refractivity contribution in [3.63, 3.8) is 0 Å². The van der Waals surface area contributed by atoms with Crippen LogP contribution in [0.2, 0.25) is 0 Å². The summed E-state index contributed by atoms with van der Waals surface area (Å²) in [6.07, 6.45) is 3.51. The lowest BCUT2D eigenvalue weighted by Crippen LogP contribution is -2.41. The number of rotatable bonds is 3. The van der Waals surface area contributed by atoms with Crippen LogP contribution in [0.3, 0.4) is 0 Å². The van der Waals surface area contributed by atoms with Crippen molar-refractivity contribution in [3.05, 3.63) is 35.6 Å². The van der Waals surface area contributed by atoms with Gasteiger partial charge in [-0.25, -0.2) is 4.39 Å². The summed E-state index contributed by atoms with van der Waals surface area (Å²) in [5.74, 6) is -0.119. The topological polar surface area (TPSA) is 15.3 Å². The zero-order valence-electron chi connectivity index (χ0n) is 10.2. The van der Waals surface area contributed by atoms with E-state index in [0.29, 0.717) is 6.04 Å². The molecule has 2 nitrogen and oxygen atoms in total. The number of hydrogen-bond donors (Lipinski definition) is 1. The van der Waals surface area contributed by atoms with Gasteiger partial charge in [-0.1, -0.05) is 12.1 Å². The smallest absolute Gasteiger partial charge is 0.123 e. The molecule has 1 saturated heterocycles. The Balaban J connectivity index is 1.85. The summed E-state index contributed by atoms with van der Waals surface area (Å²) in [7, 11) is 2.19. The predicted molar refractivity (Wildman–Crippen MR) is 66.3 cm³/mol. The largest absolute Gasteiger partial charge is 0.315 e. The molecule has 92 valence electrons. The Bertz CT molecular complexity index is 408. The van der Waals surface area contributed by atoms with Gasteiger partial charge in [-0.05, 0) is 50.6 Å². The molecule has 17 heavy (non-hydrogen) atoms. The Labute approximate surface area is 102 Å². The van der Waals surface area contributed by atoms with Gasteiger partial charge in [0.15, 0.2) is 0 Å². The highest BCUT2D eigenvalue weighted by Gasteiger charge is 2.50. The van der Waals surface area contributed by atoms with Crippen LogP contribution in [0.25, 0.3) is 0 Å². The number of benzene rings is 1. The molecule has 1 aromatic rings. The SMILES string of the molecule is CN(C1CCNC1)C1(c2cccc(F)c2)CC1. The lowest BCUT2D eigenvalue weighted by molar-refractivity contribution is 0.163. The molecule has 1 aliphatic carbocycles. The third kappa shape index (κ3) is 1.87. The van der Waals surface area contributed by atoms with E-state index in [0.717, 1.165) is 31.5 Å². The van der Waals surface area contributed by atoms with Crippen molar-refractivity contribution >= 4 is 0 Å². The van der Waals surface area contributed by atoms with E-state index in [1.54, 1.807) is 6.07 Å². The van der Waals surface area contributed by atoms with Gasteiger partial charge in [0.2, 0.25) is 0 Å². The van der Waals surface area contributed by atoms with Crippen LogP contribution in [-0.4, -0.2) is 31.1 Å². The van der Waals surface area contributed by atoms with E-state index >= 15 is 0 Å². The van der Waals surface area contributed by atoms with Gasteiger partial charge >= 0.3 is 0 Å². The molecule has 1 heterocycles. The van der Waals surface area contributed by atoms with E-state index in [4.69, 9.17) is 0 Å². The van der Waals surface area contributed by atoms with E-state index in [1.165, 1.54) is 12.5 Å². The second kappa shape index (κ2) is 4.07. The lowest BCUT2D eigenvalue weighted by atomic mass is 10.0. The molecule has 1 saturated carbocycles. The molecule has 0 radical (unpaired) electrons. The maximum atomic E-state index is 13.3. The predicted octanol–water partition coefficient (Wildman–Crippen LogP) is 2.11. The molecule has 3 rings (SSSR count). The van der Waals surface area contributed by atoms with E-state index in [2.05, 4.69) is 23.3 Å². The molecule has 3 heteroatoms. The fourth-order valence-electron chi connectivity index (χ4n) is 3.06. The summed E-state index contributed by atoms with van der Waals surface area (Å²) in [6, 6.07) is 7.71. The third-order valence-electron chi connectivity index (χ3n) is 4.34. The van der Waals surface area contributed by atoms with Crippen LogP contribution in [0, 0.1) is 5.82 Å². The molecule has 0 aromatic heterocycles. The Hall–Kier alpha value is -0.930. The monoisotopic (exact) mass is 234 g/mol. The number of nitrogens with one attached hydrogen (secondary N) is 1. The van der Waals surface area contributed by atoms with Crippen LogP contribution in [-0.2, 0) is 5.54 Å². The number of halogens is 1. The van der Waals surface area contributed by atoms with Crippen LogP contribution in [0.5, 0.6) is 0 Å². The Kier molecular flexibility index (Phi) is 2.68. The quantitative estimate of drug-likeness (QED) is 0.861. The van der Waals surface area contributed by atoms with Gasteiger partial charge in [0.05, 0.1) is 0 Å². The summed E-state index contributed by atoms with van der Waals surface area (Å²) in [5, 5.41) is 3.40. The van der Waals surface area contributed by atoms with Gasteiger partial charge in [0.25, 0.3) is 0 Å². The molecule has 1 atom stereocenters. The highest BCUT2D eigenvalue weighted by Crippen LogP contribution is 2.51. The Morgan fingerprint density at radius 2 is 2.24 bits per heavy atom. The highest BCUT2D eigenvalue weighted by molar-refractivity contribution is 5.31. The zero-order chi connectivity index (χ0) is 11.9. The van der Waals surface area contributed by atoms with Crippen molar-refractivity contribution in [2.45, 2.75) is 30.8 Å². The summed E-state index contributed by atoms with van der Waals surface area (Å²) < 4.78 is 13.3. The average Bonchev–Trinajstić information content (AvgIpc) is 2.96. The minimum Gasteiger partial charge on any atom is -0.315 e. The van der Waals surface area contributed by atoms with Crippen LogP contribution < -0.4 is 5.32 Å². The van der Waals surface area contributed by atoms with E-state index in [9.17, 15) is 4.39 Å². The van der Waals surface area contributed by atoms with E-state index in [1.807, 2.05) is 6.07 Å². The second-order valence-corrected chi connectivity index (χ2v) is 5.30. The molecule has 1 aromatic carbocycles. The average molecular weight is 234 g/mol. The minimum absolute atomic E-state index is 0.110. The normalized spacial score (nSPS) is 26.4. The molecule has 1 N–H and O–H groups in total. The molecule has 0 bridgehead atoms. The fourth-order valence-corrected chi connectivity index (χ4v) is 3.06. The molecule has 1 unspecified atom stereocenters. The van der Waals surface area contributed by atoms with Crippen LogP contribution in [0.4, 0.5) is 4.39 Å². The summed E-state index contributed by atoms with van der Waals surface area (Å²) >= 11 is 0. The first-order valence-corrected chi connectivity index (χ1v) is 6.42. The molecular formula is C14H19FN2. The summed E-state index contributed by atoms with van der Waals surface area (Å²) in [5.41, 5.74) is 1.26. The number of likely N-dealkylation sites (N-methyl/N-ethyl adjacent to an activating group) is 1. The Morgan fingerprint density at radius 3 is 2.82 bits per heavy atom. The highest BCUT2D eigenvalue weighted by atomic mass is 19.1.